The molecular formula is C15H16O2. The van der Waals surface area contributed by atoms with Gasteiger partial charge < -0.3 is 4.42 Å². The Morgan fingerprint density at radius 3 is 2.41 bits per heavy atom. The topological polar surface area (TPSA) is 30.2 Å². The maximum absolute atomic E-state index is 11.4. The van der Waals surface area contributed by atoms with E-state index >= 15 is 0 Å². The number of aryl methyl sites for hydroxylation is 1. The molecule has 0 radical (unpaired) electrons. The molecule has 2 rings (SSSR count). The van der Waals surface area contributed by atoms with Crippen LogP contribution >= 0.6 is 0 Å². The van der Waals surface area contributed by atoms with Crippen LogP contribution in [0.15, 0.2) is 46.9 Å². The largest absolute Gasteiger partial charge is 0.466 e. The van der Waals surface area contributed by atoms with Crippen molar-refractivity contribution in [1.82, 2.24) is 0 Å². The third-order valence-corrected chi connectivity index (χ3v) is 2.80. The minimum atomic E-state index is 0.0300. The molecule has 0 aliphatic rings. The molecule has 2 heteroatoms. The lowest BCUT2D eigenvalue weighted by atomic mass is 9.92. The van der Waals surface area contributed by atoms with Gasteiger partial charge in [0.25, 0.3) is 0 Å². The maximum Gasteiger partial charge on any atom is 0.130 e. The van der Waals surface area contributed by atoms with E-state index in [2.05, 4.69) is 0 Å². The highest BCUT2D eigenvalue weighted by atomic mass is 16.3. The number of rotatable bonds is 4. The Morgan fingerprint density at radius 2 is 1.88 bits per heavy atom. The highest BCUT2D eigenvalue weighted by molar-refractivity contribution is 5.77. The van der Waals surface area contributed by atoms with Crippen molar-refractivity contribution >= 4 is 5.78 Å². The second kappa shape index (κ2) is 5.00. The molecule has 0 saturated carbocycles. The van der Waals surface area contributed by atoms with Crippen molar-refractivity contribution < 1.29 is 9.21 Å². The lowest BCUT2D eigenvalue weighted by Gasteiger charge is -2.13. The monoisotopic (exact) mass is 228 g/mol. The van der Waals surface area contributed by atoms with E-state index in [-0.39, 0.29) is 11.7 Å². The van der Waals surface area contributed by atoms with Crippen molar-refractivity contribution in [3.8, 4) is 0 Å². The summed E-state index contributed by atoms with van der Waals surface area (Å²) in [6, 6.07) is 13.9. The summed E-state index contributed by atoms with van der Waals surface area (Å²) in [5, 5.41) is 0. The van der Waals surface area contributed by atoms with Gasteiger partial charge >= 0.3 is 0 Å². The fraction of sp³-hybridized carbons (Fsp3) is 0.267. The van der Waals surface area contributed by atoms with Gasteiger partial charge in [0.2, 0.25) is 0 Å². The summed E-state index contributed by atoms with van der Waals surface area (Å²) in [5.41, 5.74) is 1.12. The first-order valence-corrected chi connectivity index (χ1v) is 5.77. The van der Waals surface area contributed by atoms with Crippen LogP contribution in [0.25, 0.3) is 0 Å². The number of carbonyl (C=O) groups excluding carboxylic acids is 1. The summed E-state index contributed by atoms with van der Waals surface area (Å²) in [5.74, 6) is 1.95. The minimum Gasteiger partial charge on any atom is -0.466 e. The molecule has 0 spiro atoms. The van der Waals surface area contributed by atoms with Crippen molar-refractivity contribution in [2.45, 2.75) is 26.2 Å². The molecule has 1 aromatic carbocycles. The zero-order valence-electron chi connectivity index (χ0n) is 10.1. The van der Waals surface area contributed by atoms with E-state index in [1.165, 1.54) is 0 Å². The van der Waals surface area contributed by atoms with E-state index in [9.17, 15) is 4.79 Å². The normalized spacial score (nSPS) is 12.4. The number of furan rings is 1. The van der Waals surface area contributed by atoms with Crippen LogP contribution in [-0.2, 0) is 4.79 Å². The van der Waals surface area contributed by atoms with E-state index < -0.39 is 0 Å². The van der Waals surface area contributed by atoms with E-state index in [0.29, 0.717) is 6.42 Å². The molecule has 0 aliphatic carbocycles. The zero-order valence-corrected chi connectivity index (χ0v) is 10.1. The van der Waals surface area contributed by atoms with Gasteiger partial charge in [0.15, 0.2) is 0 Å². The molecule has 17 heavy (non-hydrogen) atoms. The Hall–Kier alpha value is -1.83. The molecule has 1 heterocycles. The van der Waals surface area contributed by atoms with Crippen molar-refractivity contribution in [1.29, 1.82) is 0 Å². The Morgan fingerprint density at radius 1 is 1.18 bits per heavy atom. The van der Waals surface area contributed by atoms with Crippen LogP contribution in [0.2, 0.25) is 0 Å². The number of hydrogen-bond acceptors (Lipinski definition) is 2. The highest BCUT2D eigenvalue weighted by Gasteiger charge is 2.19. The van der Waals surface area contributed by atoms with Crippen molar-refractivity contribution in [3.63, 3.8) is 0 Å². The third-order valence-electron chi connectivity index (χ3n) is 2.80. The smallest absolute Gasteiger partial charge is 0.130 e. The lowest BCUT2D eigenvalue weighted by molar-refractivity contribution is -0.117. The first-order valence-electron chi connectivity index (χ1n) is 5.77. The van der Waals surface area contributed by atoms with E-state index in [4.69, 9.17) is 4.42 Å². The summed E-state index contributed by atoms with van der Waals surface area (Å²) in [6.07, 6.45) is 0.483. The molecule has 0 amide bonds. The van der Waals surface area contributed by atoms with Gasteiger partial charge in [-0.1, -0.05) is 30.3 Å². The number of ketones is 1. The first-order chi connectivity index (χ1) is 8.16. The van der Waals surface area contributed by atoms with Gasteiger partial charge in [0, 0.05) is 12.3 Å². The Balaban J connectivity index is 2.35. The number of carbonyl (C=O) groups is 1. The molecule has 0 fully saturated rings. The van der Waals surface area contributed by atoms with Crippen molar-refractivity contribution in [3.05, 3.63) is 59.5 Å². The quantitative estimate of drug-likeness (QED) is 0.798. The molecule has 1 unspecified atom stereocenters. The molecule has 1 aromatic heterocycles. The van der Waals surface area contributed by atoms with E-state index in [0.717, 1.165) is 17.1 Å². The van der Waals surface area contributed by atoms with Crippen LogP contribution in [0.3, 0.4) is 0 Å². The van der Waals surface area contributed by atoms with Gasteiger partial charge in [0.1, 0.15) is 17.3 Å². The van der Waals surface area contributed by atoms with Crippen molar-refractivity contribution in [2.24, 2.45) is 0 Å². The SMILES string of the molecule is CC(=O)CC(c1ccccc1)c1ccc(C)o1. The number of Topliss-reactive ketones (excluding diaryl/α,β-unsaturated/α-hetero) is 1. The Kier molecular flexibility index (Phi) is 3.43. The predicted molar refractivity (Wildman–Crippen MR) is 67.0 cm³/mol. The molecule has 0 bridgehead atoms. The van der Waals surface area contributed by atoms with Crippen LogP contribution in [0, 0.1) is 6.92 Å². The summed E-state index contributed by atoms with van der Waals surface area (Å²) in [4.78, 5) is 11.4. The van der Waals surface area contributed by atoms with Gasteiger partial charge in [-0.3, -0.25) is 4.79 Å². The molecule has 0 N–H and O–H groups in total. The average Bonchev–Trinajstić information content (AvgIpc) is 2.73. The Labute approximate surface area is 101 Å². The molecule has 2 aromatic rings. The fourth-order valence-electron chi connectivity index (χ4n) is 2.00. The minimum absolute atomic E-state index is 0.0300. The molecule has 1 atom stereocenters. The third kappa shape index (κ3) is 2.84. The standard InChI is InChI=1S/C15H16O2/c1-11(16)10-14(13-6-4-3-5-7-13)15-9-8-12(2)17-15/h3-9,14H,10H2,1-2H3. The highest BCUT2D eigenvalue weighted by Crippen LogP contribution is 2.29. The molecule has 0 saturated heterocycles. The van der Waals surface area contributed by atoms with Gasteiger partial charge in [-0.2, -0.15) is 0 Å². The maximum atomic E-state index is 11.4. The van der Waals surface area contributed by atoms with Gasteiger partial charge in [-0.15, -0.1) is 0 Å². The first kappa shape index (κ1) is 11.6. The van der Waals surface area contributed by atoms with Crippen LogP contribution in [0.5, 0.6) is 0 Å². The second-order valence-corrected chi connectivity index (χ2v) is 4.32. The summed E-state index contributed by atoms with van der Waals surface area (Å²) in [6.45, 7) is 3.53. The molecule has 88 valence electrons. The average molecular weight is 228 g/mol. The van der Waals surface area contributed by atoms with Crippen LogP contribution in [0.1, 0.15) is 36.3 Å². The van der Waals surface area contributed by atoms with Gasteiger partial charge in [-0.05, 0) is 31.5 Å². The lowest BCUT2D eigenvalue weighted by Crippen LogP contribution is -2.05. The van der Waals surface area contributed by atoms with Crippen LogP contribution in [0.4, 0.5) is 0 Å². The zero-order chi connectivity index (χ0) is 12.3. The molecule has 0 aliphatic heterocycles. The predicted octanol–water partition coefficient (Wildman–Crippen LogP) is 3.70. The van der Waals surface area contributed by atoms with Crippen LogP contribution < -0.4 is 0 Å². The van der Waals surface area contributed by atoms with Crippen LogP contribution in [-0.4, -0.2) is 5.78 Å². The molecule has 2 nitrogen and oxygen atoms in total. The fourth-order valence-corrected chi connectivity index (χ4v) is 2.00. The van der Waals surface area contributed by atoms with Gasteiger partial charge in [-0.25, -0.2) is 0 Å². The number of benzene rings is 1. The Bertz CT molecular complexity index is 497. The summed E-state index contributed by atoms with van der Waals surface area (Å²) >= 11 is 0. The van der Waals surface area contributed by atoms with Gasteiger partial charge in [0.05, 0.1) is 0 Å². The van der Waals surface area contributed by atoms with E-state index in [1.54, 1.807) is 6.92 Å². The van der Waals surface area contributed by atoms with E-state index in [1.807, 2.05) is 49.4 Å². The second-order valence-electron chi connectivity index (χ2n) is 4.32. The summed E-state index contributed by atoms with van der Waals surface area (Å²) in [7, 11) is 0. The number of hydrogen-bond donors (Lipinski definition) is 0. The van der Waals surface area contributed by atoms with Crippen molar-refractivity contribution in [2.75, 3.05) is 0 Å². The summed E-state index contributed by atoms with van der Waals surface area (Å²) < 4.78 is 5.65. The molecular weight excluding hydrogens is 212 g/mol.